The van der Waals surface area contributed by atoms with Crippen molar-refractivity contribution < 1.29 is 0 Å². The molecule has 1 N–H and O–H groups in total. The summed E-state index contributed by atoms with van der Waals surface area (Å²) in [4.78, 5) is 5.04. The molecule has 0 aromatic carbocycles. The van der Waals surface area contributed by atoms with Gasteiger partial charge in [0, 0.05) is 26.2 Å². The van der Waals surface area contributed by atoms with Crippen LogP contribution in [0.15, 0.2) is 0 Å². The SMILES string of the molecule is CC1CCCC(CNCCCN2CCN(C)CC2)C1. The van der Waals surface area contributed by atoms with Crippen LogP contribution >= 0.6 is 0 Å². The number of nitrogens with one attached hydrogen (secondary N) is 1. The van der Waals surface area contributed by atoms with E-state index >= 15 is 0 Å². The summed E-state index contributed by atoms with van der Waals surface area (Å²) in [6, 6.07) is 0. The monoisotopic (exact) mass is 267 g/mol. The van der Waals surface area contributed by atoms with E-state index in [1.807, 2.05) is 0 Å². The normalized spacial score (nSPS) is 30.6. The second-order valence-electron chi connectivity index (χ2n) is 6.84. The van der Waals surface area contributed by atoms with Crippen molar-refractivity contribution >= 4 is 0 Å². The first kappa shape index (κ1) is 15.3. The lowest BCUT2D eigenvalue weighted by atomic mass is 9.82. The van der Waals surface area contributed by atoms with Crippen molar-refractivity contribution in [3.8, 4) is 0 Å². The van der Waals surface area contributed by atoms with E-state index in [0.717, 1.165) is 11.8 Å². The van der Waals surface area contributed by atoms with E-state index in [4.69, 9.17) is 0 Å². The zero-order valence-corrected chi connectivity index (χ0v) is 13.0. The van der Waals surface area contributed by atoms with Gasteiger partial charge in [0.15, 0.2) is 0 Å². The molecule has 0 radical (unpaired) electrons. The van der Waals surface area contributed by atoms with E-state index in [-0.39, 0.29) is 0 Å². The highest BCUT2D eigenvalue weighted by atomic mass is 15.2. The third-order valence-electron chi connectivity index (χ3n) is 4.90. The Balaban J connectivity index is 1.46. The molecule has 2 unspecified atom stereocenters. The smallest absolute Gasteiger partial charge is 0.0110 e. The first-order valence-corrected chi connectivity index (χ1v) is 8.35. The molecule has 3 heteroatoms. The van der Waals surface area contributed by atoms with Crippen LogP contribution in [-0.2, 0) is 0 Å². The van der Waals surface area contributed by atoms with Crippen LogP contribution in [0, 0.1) is 11.8 Å². The molecule has 1 saturated heterocycles. The second-order valence-corrected chi connectivity index (χ2v) is 6.84. The highest BCUT2D eigenvalue weighted by molar-refractivity contribution is 4.73. The van der Waals surface area contributed by atoms with Gasteiger partial charge in [-0.25, -0.2) is 0 Å². The highest BCUT2D eigenvalue weighted by Crippen LogP contribution is 2.27. The molecule has 19 heavy (non-hydrogen) atoms. The van der Waals surface area contributed by atoms with Crippen molar-refractivity contribution in [2.75, 3.05) is 52.9 Å². The average molecular weight is 267 g/mol. The van der Waals surface area contributed by atoms with Crippen LogP contribution in [0.2, 0.25) is 0 Å². The maximum Gasteiger partial charge on any atom is 0.0110 e. The quantitative estimate of drug-likeness (QED) is 0.743. The maximum atomic E-state index is 3.69. The van der Waals surface area contributed by atoms with Crippen LogP contribution in [0.3, 0.4) is 0 Å². The molecule has 2 fully saturated rings. The molecule has 0 aromatic heterocycles. The predicted octanol–water partition coefficient (Wildman–Crippen LogP) is 2.04. The van der Waals surface area contributed by atoms with Gasteiger partial charge in [-0.2, -0.15) is 0 Å². The van der Waals surface area contributed by atoms with Crippen molar-refractivity contribution in [1.29, 1.82) is 0 Å². The standard InChI is InChI=1S/C16H33N3/c1-15-5-3-6-16(13-15)14-17-7-4-8-19-11-9-18(2)10-12-19/h15-17H,3-14H2,1-2H3. The van der Waals surface area contributed by atoms with Gasteiger partial charge >= 0.3 is 0 Å². The first-order chi connectivity index (χ1) is 9.24. The Morgan fingerprint density at radius 3 is 2.63 bits per heavy atom. The van der Waals surface area contributed by atoms with Crippen LogP contribution in [0.25, 0.3) is 0 Å². The van der Waals surface area contributed by atoms with Crippen molar-refractivity contribution in [3.63, 3.8) is 0 Å². The van der Waals surface area contributed by atoms with Gasteiger partial charge in [-0.15, -0.1) is 0 Å². The molecule has 1 saturated carbocycles. The average Bonchev–Trinajstić information content (AvgIpc) is 2.41. The Kier molecular flexibility index (Phi) is 6.62. The third-order valence-corrected chi connectivity index (χ3v) is 4.90. The van der Waals surface area contributed by atoms with Gasteiger partial charge in [0.2, 0.25) is 0 Å². The van der Waals surface area contributed by atoms with Gasteiger partial charge in [0.05, 0.1) is 0 Å². The van der Waals surface area contributed by atoms with E-state index in [2.05, 4.69) is 29.1 Å². The molecule has 3 nitrogen and oxygen atoms in total. The summed E-state index contributed by atoms with van der Waals surface area (Å²) in [5.74, 6) is 1.92. The lowest BCUT2D eigenvalue weighted by Crippen LogP contribution is -2.45. The van der Waals surface area contributed by atoms with Crippen LogP contribution < -0.4 is 5.32 Å². The molecular weight excluding hydrogens is 234 g/mol. The Morgan fingerprint density at radius 2 is 1.89 bits per heavy atom. The first-order valence-electron chi connectivity index (χ1n) is 8.35. The number of rotatable bonds is 6. The van der Waals surface area contributed by atoms with Gasteiger partial charge in [0.1, 0.15) is 0 Å². The molecular formula is C16H33N3. The van der Waals surface area contributed by atoms with Crippen molar-refractivity contribution in [2.24, 2.45) is 11.8 Å². The van der Waals surface area contributed by atoms with Gasteiger partial charge in [-0.05, 0) is 57.8 Å². The molecule has 0 amide bonds. The fourth-order valence-electron chi connectivity index (χ4n) is 3.55. The summed E-state index contributed by atoms with van der Waals surface area (Å²) in [5.41, 5.74) is 0. The summed E-state index contributed by atoms with van der Waals surface area (Å²) in [5, 5.41) is 3.69. The molecule has 0 bridgehead atoms. The van der Waals surface area contributed by atoms with Crippen LogP contribution in [0.4, 0.5) is 0 Å². The Morgan fingerprint density at radius 1 is 1.11 bits per heavy atom. The lowest BCUT2D eigenvalue weighted by molar-refractivity contribution is 0.152. The van der Waals surface area contributed by atoms with E-state index in [0.29, 0.717) is 0 Å². The fraction of sp³-hybridized carbons (Fsp3) is 1.00. The predicted molar refractivity (Wildman–Crippen MR) is 82.5 cm³/mol. The Labute approximate surface area is 119 Å². The van der Waals surface area contributed by atoms with Gasteiger partial charge in [0.25, 0.3) is 0 Å². The lowest BCUT2D eigenvalue weighted by Gasteiger charge is -2.32. The summed E-state index contributed by atoms with van der Waals surface area (Å²) in [6.45, 7) is 11.2. The number of likely N-dealkylation sites (N-methyl/N-ethyl adjacent to an activating group) is 1. The van der Waals surface area contributed by atoms with E-state index < -0.39 is 0 Å². The van der Waals surface area contributed by atoms with Crippen molar-refractivity contribution in [3.05, 3.63) is 0 Å². The molecule has 1 aliphatic carbocycles. The van der Waals surface area contributed by atoms with E-state index in [1.54, 1.807) is 0 Å². The number of piperazine rings is 1. The van der Waals surface area contributed by atoms with Crippen LogP contribution in [0.1, 0.15) is 39.0 Å². The van der Waals surface area contributed by atoms with Gasteiger partial charge < -0.3 is 15.1 Å². The summed E-state index contributed by atoms with van der Waals surface area (Å²) >= 11 is 0. The molecule has 1 aliphatic heterocycles. The van der Waals surface area contributed by atoms with Crippen molar-refractivity contribution in [1.82, 2.24) is 15.1 Å². The zero-order chi connectivity index (χ0) is 13.5. The van der Waals surface area contributed by atoms with E-state index in [9.17, 15) is 0 Å². The van der Waals surface area contributed by atoms with E-state index in [1.165, 1.54) is 77.9 Å². The number of hydrogen-bond acceptors (Lipinski definition) is 3. The summed E-state index contributed by atoms with van der Waals surface area (Å²) < 4.78 is 0. The number of nitrogens with zero attached hydrogens (tertiary/aromatic N) is 2. The minimum atomic E-state index is 0.951. The summed E-state index contributed by atoms with van der Waals surface area (Å²) in [6.07, 6.45) is 7.13. The fourth-order valence-corrected chi connectivity index (χ4v) is 3.55. The molecule has 2 aliphatic rings. The minimum absolute atomic E-state index is 0.951. The largest absolute Gasteiger partial charge is 0.316 e. The second kappa shape index (κ2) is 8.23. The van der Waals surface area contributed by atoms with Gasteiger partial charge in [-0.3, -0.25) is 0 Å². The number of hydrogen-bond donors (Lipinski definition) is 1. The molecule has 0 aromatic rings. The maximum absolute atomic E-state index is 3.69. The molecule has 2 rings (SSSR count). The van der Waals surface area contributed by atoms with Gasteiger partial charge in [-0.1, -0.05) is 19.8 Å². The van der Waals surface area contributed by atoms with Crippen LogP contribution in [-0.4, -0.2) is 62.7 Å². The zero-order valence-electron chi connectivity index (χ0n) is 13.0. The summed E-state index contributed by atoms with van der Waals surface area (Å²) in [7, 11) is 2.23. The van der Waals surface area contributed by atoms with Crippen molar-refractivity contribution in [2.45, 2.75) is 39.0 Å². The van der Waals surface area contributed by atoms with Crippen LogP contribution in [0.5, 0.6) is 0 Å². The highest BCUT2D eigenvalue weighted by Gasteiger charge is 2.18. The Bertz CT molecular complexity index is 236. The third kappa shape index (κ3) is 5.80. The Hall–Kier alpha value is -0.120. The molecule has 2 atom stereocenters. The molecule has 112 valence electrons. The molecule has 1 heterocycles. The minimum Gasteiger partial charge on any atom is -0.316 e. The molecule has 0 spiro atoms. The topological polar surface area (TPSA) is 18.5 Å².